The molecular weight excluding hydrogens is 243 g/mol. The molecule has 0 saturated carbocycles. The fourth-order valence-corrected chi connectivity index (χ4v) is 1.87. The molecule has 1 nitrogen and oxygen atoms in total. The van der Waals surface area contributed by atoms with E-state index in [1.165, 1.54) is 9.45 Å². The van der Waals surface area contributed by atoms with Crippen LogP contribution in [0.5, 0.6) is 0 Å². The van der Waals surface area contributed by atoms with Crippen LogP contribution in [-0.2, 0) is 25.2 Å². The molecule has 1 unspecified atom stereocenters. The van der Waals surface area contributed by atoms with E-state index in [0.717, 1.165) is 13.0 Å². The predicted molar refractivity (Wildman–Crippen MR) is 41.9 cm³/mol. The number of rotatable bonds is 3. The van der Waals surface area contributed by atoms with E-state index in [-0.39, 0.29) is 30.9 Å². The van der Waals surface area contributed by atoms with Gasteiger partial charge in [-0.25, -0.2) is 0 Å². The first-order chi connectivity index (χ1) is 5.25. The molecule has 0 aliphatic heterocycles. The number of halogens is 2. The largest absolute Gasteiger partial charge is 1.00 e. The van der Waals surface area contributed by atoms with Gasteiger partial charge in [0.2, 0.25) is 0 Å². The van der Waals surface area contributed by atoms with Gasteiger partial charge in [0, 0.05) is 0 Å². The van der Waals surface area contributed by atoms with E-state index >= 15 is 0 Å². The van der Waals surface area contributed by atoms with Crippen molar-refractivity contribution in [2.24, 2.45) is 0 Å². The number of ether oxygens (including phenoxy) is 1. The zero-order valence-corrected chi connectivity index (χ0v) is 10.9. The Morgan fingerprint density at radius 2 is 2.15 bits per heavy atom. The molecule has 0 fully saturated rings. The minimum absolute atomic E-state index is 0. The molecule has 0 aromatic carbocycles. The summed E-state index contributed by atoms with van der Waals surface area (Å²) in [5.74, 6) is 0. The van der Waals surface area contributed by atoms with E-state index in [1.54, 1.807) is 0 Å². The van der Waals surface area contributed by atoms with E-state index in [2.05, 4.69) is 39.5 Å². The van der Waals surface area contributed by atoms with Crippen LogP contribution in [0.2, 0.25) is 0 Å². The van der Waals surface area contributed by atoms with Crippen LogP contribution in [0, 0.1) is 0 Å². The van der Waals surface area contributed by atoms with Crippen molar-refractivity contribution in [3.63, 3.8) is 0 Å². The molecule has 0 spiro atoms. The zero-order valence-electron chi connectivity index (χ0n) is 7.81. The fraction of sp³-hybridized carbons (Fsp3) is 0.556. The maximum Gasteiger partial charge on any atom is -1.00 e. The van der Waals surface area contributed by atoms with Crippen LogP contribution in [0.15, 0.2) is 21.6 Å². The SMILES string of the molecule is CCOC(C)C1=[C]([Ti+2])CC=C1.[Cl-].[Cl-]. The van der Waals surface area contributed by atoms with Gasteiger partial charge in [-0.15, -0.1) is 0 Å². The van der Waals surface area contributed by atoms with Gasteiger partial charge in [0.1, 0.15) is 0 Å². The number of allylic oxidation sites excluding steroid dienone is 2. The van der Waals surface area contributed by atoms with Crippen LogP contribution in [0.3, 0.4) is 0 Å². The summed E-state index contributed by atoms with van der Waals surface area (Å²) in [4.78, 5) is 0. The van der Waals surface area contributed by atoms with Crippen molar-refractivity contribution >= 4 is 0 Å². The van der Waals surface area contributed by atoms with Gasteiger partial charge in [-0.3, -0.25) is 0 Å². The smallest absolute Gasteiger partial charge is 1.00 e. The van der Waals surface area contributed by atoms with Crippen LogP contribution in [-0.4, -0.2) is 12.7 Å². The molecule has 0 radical (unpaired) electrons. The van der Waals surface area contributed by atoms with Crippen LogP contribution in [0.4, 0.5) is 0 Å². The van der Waals surface area contributed by atoms with Crippen molar-refractivity contribution < 1.29 is 50.0 Å². The Labute approximate surface area is 104 Å². The van der Waals surface area contributed by atoms with E-state index in [9.17, 15) is 0 Å². The maximum atomic E-state index is 5.49. The van der Waals surface area contributed by atoms with E-state index < -0.39 is 0 Å². The molecule has 13 heavy (non-hydrogen) atoms. The van der Waals surface area contributed by atoms with Gasteiger partial charge in [-0.1, -0.05) is 0 Å². The van der Waals surface area contributed by atoms with Crippen LogP contribution in [0.25, 0.3) is 0 Å². The first-order valence-electron chi connectivity index (χ1n) is 3.98. The quantitative estimate of drug-likeness (QED) is 0.470. The summed E-state index contributed by atoms with van der Waals surface area (Å²) in [7, 11) is 0. The van der Waals surface area contributed by atoms with Gasteiger partial charge in [0.15, 0.2) is 0 Å². The zero-order chi connectivity index (χ0) is 8.27. The molecule has 0 amide bonds. The molecule has 0 saturated heterocycles. The minimum atomic E-state index is 0. The summed E-state index contributed by atoms with van der Waals surface area (Å²) in [6, 6.07) is 0. The first-order valence-corrected chi connectivity index (χ1v) is 4.76. The Bertz CT molecular complexity index is 202. The third-order valence-corrected chi connectivity index (χ3v) is 2.59. The summed E-state index contributed by atoms with van der Waals surface area (Å²) in [5, 5.41) is 0. The molecule has 4 heteroatoms. The van der Waals surface area contributed by atoms with E-state index in [0.29, 0.717) is 0 Å². The Morgan fingerprint density at radius 1 is 1.54 bits per heavy atom. The summed E-state index contributed by atoms with van der Waals surface area (Å²) < 4.78 is 6.94. The fourth-order valence-electron chi connectivity index (χ4n) is 1.24. The molecule has 0 N–H and O–H groups in total. The normalized spacial score (nSPS) is 16.6. The molecule has 1 rings (SSSR count). The molecular formula is C9H13Cl2OTi. The Balaban J connectivity index is 0. The Morgan fingerprint density at radius 3 is 2.54 bits per heavy atom. The van der Waals surface area contributed by atoms with Gasteiger partial charge in [-0.2, -0.15) is 0 Å². The van der Waals surface area contributed by atoms with Crippen LogP contribution in [0.1, 0.15) is 20.3 Å². The van der Waals surface area contributed by atoms with E-state index in [1.807, 2.05) is 6.92 Å². The molecule has 1 aliphatic carbocycles. The molecule has 1 aliphatic rings. The van der Waals surface area contributed by atoms with Gasteiger partial charge < -0.3 is 24.8 Å². The van der Waals surface area contributed by atoms with Crippen molar-refractivity contribution in [3.05, 3.63) is 21.6 Å². The van der Waals surface area contributed by atoms with Gasteiger partial charge in [0.25, 0.3) is 0 Å². The summed E-state index contributed by atoms with van der Waals surface area (Å²) >= 11 is 2.17. The molecule has 1 atom stereocenters. The summed E-state index contributed by atoms with van der Waals surface area (Å²) in [6.45, 7) is 4.94. The summed E-state index contributed by atoms with van der Waals surface area (Å²) in [5.41, 5.74) is 1.37. The van der Waals surface area contributed by atoms with Crippen molar-refractivity contribution in [2.45, 2.75) is 26.4 Å². The van der Waals surface area contributed by atoms with Crippen molar-refractivity contribution in [3.8, 4) is 0 Å². The Hall–Kier alpha value is 0.734. The third kappa shape index (κ3) is 4.67. The standard InChI is InChI=1S/C9H13O.2ClH.Ti/c1-3-10-8(2)9-6-4-5-7-9;;;/h4,6,8H,3,5H2,1-2H3;2*1H;/q;;;+2/p-2. The second-order valence-electron chi connectivity index (χ2n) is 2.64. The van der Waals surface area contributed by atoms with Crippen molar-refractivity contribution in [1.82, 2.24) is 0 Å². The number of hydrogen-bond donors (Lipinski definition) is 0. The third-order valence-electron chi connectivity index (χ3n) is 1.82. The molecule has 0 aromatic rings. The second-order valence-corrected chi connectivity index (χ2v) is 3.58. The van der Waals surface area contributed by atoms with Crippen LogP contribution < -0.4 is 24.8 Å². The maximum absolute atomic E-state index is 5.49. The van der Waals surface area contributed by atoms with Crippen molar-refractivity contribution in [2.75, 3.05) is 6.61 Å². The van der Waals surface area contributed by atoms with Crippen molar-refractivity contribution in [1.29, 1.82) is 0 Å². The average molecular weight is 256 g/mol. The molecule has 0 aromatic heterocycles. The van der Waals surface area contributed by atoms with Gasteiger partial charge >= 0.3 is 79.8 Å². The monoisotopic (exact) mass is 255 g/mol. The van der Waals surface area contributed by atoms with Gasteiger partial charge in [0.05, 0.1) is 0 Å². The molecule has 0 heterocycles. The van der Waals surface area contributed by atoms with E-state index in [4.69, 9.17) is 4.74 Å². The Kier molecular flexibility index (Phi) is 10.0. The first kappa shape index (κ1) is 16.2. The number of hydrogen-bond acceptors (Lipinski definition) is 1. The average Bonchev–Trinajstić information content (AvgIpc) is 2.36. The molecule has 0 bridgehead atoms. The second kappa shape index (κ2) is 8.08. The van der Waals surface area contributed by atoms with Gasteiger partial charge in [-0.05, 0) is 0 Å². The minimum Gasteiger partial charge on any atom is -1.00 e. The van der Waals surface area contributed by atoms with Crippen LogP contribution >= 0.6 is 0 Å². The topological polar surface area (TPSA) is 9.23 Å². The summed E-state index contributed by atoms with van der Waals surface area (Å²) in [6.07, 6.45) is 5.75. The molecule has 73 valence electrons. The predicted octanol–water partition coefficient (Wildman–Crippen LogP) is -3.82.